The van der Waals surface area contributed by atoms with Crippen LogP contribution in [0.15, 0.2) is 35.2 Å². The molecule has 1 rings (SSSR count). The van der Waals surface area contributed by atoms with Crippen molar-refractivity contribution in [2.75, 3.05) is 5.75 Å². The van der Waals surface area contributed by atoms with E-state index in [2.05, 4.69) is 0 Å². The Labute approximate surface area is 80.4 Å². The highest BCUT2D eigenvalue weighted by Crippen LogP contribution is 2.05. The standard InChI is InChI=1S/C10H12O2S/c1-2-9(11)8-13(12)10-6-4-3-5-7-10/h3-7H,2,8H2,1H3. The van der Waals surface area contributed by atoms with E-state index in [1.807, 2.05) is 18.2 Å². The normalized spacial score (nSPS) is 12.4. The first kappa shape index (κ1) is 10.1. The maximum absolute atomic E-state index is 11.5. The summed E-state index contributed by atoms with van der Waals surface area (Å²) in [6, 6.07) is 9.06. The Balaban J connectivity index is 2.65. The summed E-state index contributed by atoms with van der Waals surface area (Å²) < 4.78 is 11.5. The Morgan fingerprint density at radius 3 is 2.46 bits per heavy atom. The van der Waals surface area contributed by atoms with E-state index >= 15 is 0 Å². The van der Waals surface area contributed by atoms with E-state index in [1.165, 1.54) is 0 Å². The number of hydrogen-bond donors (Lipinski definition) is 0. The Kier molecular flexibility index (Phi) is 3.83. The fraction of sp³-hybridized carbons (Fsp3) is 0.300. The Hall–Kier alpha value is -0.960. The van der Waals surface area contributed by atoms with Crippen LogP contribution in [-0.4, -0.2) is 15.7 Å². The van der Waals surface area contributed by atoms with Gasteiger partial charge in [0, 0.05) is 11.3 Å². The van der Waals surface area contributed by atoms with Crippen LogP contribution < -0.4 is 0 Å². The van der Waals surface area contributed by atoms with E-state index in [0.717, 1.165) is 4.90 Å². The summed E-state index contributed by atoms with van der Waals surface area (Å²) >= 11 is 0. The van der Waals surface area contributed by atoms with Crippen molar-refractivity contribution in [2.24, 2.45) is 0 Å². The molecule has 0 saturated heterocycles. The van der Waals surface area contributed by atoms with Crippen LogP contribution in [0.25, 0.3) is 0 Å². The van der Waals surface area contributed by atoms with Crippen LogP contribution in [0.2, 0.25) is 0 Å². The minimum atomic E-state index is -1.16. The van der Waals surface area contributed by atoms with Crippen LogP contribution in [-0.2, 0) is 15.6 Å². The zero-order valence-corrected chi connectivity index (χ0v) is 8.34. The first-order valence-corrected chi connectivity index (χ1v) is 5.51. The topological polar surface area (TPSA) is 34.1 Å². The number of benzene rings is 1. The van der Waals surface area contributed by atoms with Crippen LogP contribution >= 0.6 is 0 Å². The second-order valence-corrected chi connectivity index (χ2v) is 4.15. The third-order valence-electron chi connectivity index (χ3n) is 1.69. The molecule has 2 nitrogen and oxygen atoms in total. The molecule has 0 aliphatic rings. The summed E-state index contributed by atoms with van der Waals surface area (Å²) in [5.74, 6) is 0.183. The molecule has 0 N–H and O–H groups in total. The fourth-order valence-electron chi connectivity index (χ4n) is 0.904. The van der Waals surface area contributed by atoms with Gasteiger partial charge in [-0.1, -0.05) is 25.1 Å². The summed E-state index contributed by atoms with van der Waals surface area (Å²) in [7, 11) is -1.16. The largest absolute Gasteiger partial charge is 0.299 e. The minimum Gasteiger partial charge on any atom is -0.299 e. The highest BCUT2D eigenvalue weighted by molar-refractivity contribution is 7.85. The molecule has 0 spiro atoms. The summed E-state index contributed by atoms with van der Waals surface area (Å²) in [5.41, 5.74) is 0. The van der Waals surface area contributed by atoms with E-state index in [0.29, 0.717) is 6.42 Å². The first-order valence-electron chi connectivity index (χ1n) is 4.19. The molecule has 0 heterocycles. The van der Waals surface area contributed by atoms with E-state index in [9.17, 15) is 9.00 Å². The van der Waals surface area contributed by atoms with Crippen molar-refractivity contribution in [3.8, 4) is 0 Å². The predicted molar refractivity (Wildman–Crippen MR) is 53.0 cm³/mol. The van der Waals surface area contributed by atoms with Crippen molar-refractivity contribution in [1.82, 2.24) is 0 Å². The molecule has 0 amide bonds. The van der Waals surface area contributed by atoms with E-state index in [1.54, 1.807) is 19.1 Å². The highest BCUT2D eigenvalue weighted by Gasteiger charge is 2.07. The molecule has 1 unspecified atom stereocenters. The van der Waals surface area contributed by atoms with Gasteiger partial charge in [-0.3, -0.25) is 9.00 Å². The third-order valence-corrected chi connectivity index (χ3v) is 3.07. The summed E-state index contributed by atoms with van der Waals surface area (Å²) in [4.78, 5) is 11.7. The molecule has 1 aromatic rings. The lowest BCUT2D eigenvalue weighted by molar-refractivity contribution is -0.116. The molecule has 0 bridgehead atoms. The van der Waals surface area contributed by atoms with Gasteiger partial charge in [0.05, 0.1) is 16.6 Å². The van der Waals surface area contributed by atoms with Gasteiger partial charge in [0.25, 0.3) is 0 Å². The summed E-state index contributed by atoms with van der Waals surface area (Å²) in [6.07, 6.45) is 0.457. The van der Waals surface area contributed by atoms with Crippen LogP contribution in [0, 0.1) is 0 Å². The Morgan fingerprint density at radius 2 is 1.92 bits per heavy atom. The number of Topliss-reactive ketones (excluding diaryl/α,β-unsaturated/α-hetero) is 1. The van der Waals surface area contributed by atoms with Gasteiger partial charge >= 0.3 is 0 Å². The van der Waals surface area contributed by atoms with Gasteiger partial charge in [0.15, 0.2) is 0 Å². The lowest BCUT2D eigenvalue weighted by Gasteiger charge is -1.99. The lowest BCUT2D eigenvalue weighted by atomic mass is 10.4. The van der Waals surface area contributed by atoms with Crippen LogP contribution in [0.3, 0.4) is 0 Å². The second-order valence-electron chi connectivity index (χ2n) is 2.70. The van der Waals surface area contributed by atoms with Crippen molar-refractivity contribution in [3.05, 3.63) is 30.3 Å². The molecule has 13 heavy (non-hydrogen) atoms. The zero-order chi connectivity index (χ0) is 9.68. The van der Waals surface area contributed by atoms with Crippen LogP contribution in [0.5, 0.6) is 0 Å². The lowest BCUT2D eigenvalue weighted by Crippen LogP contribution is -2.08. The monoisotopic (exact) mass is 196 g/mol. The van der Waals surface area contributed by atoms with Crippen LogP contribution in [0.1, 0.15) is 13.3 Å². The van der Waals surface area contributed by atoms with Crippen molar-refractivity contribution < 1.29 is 9.00 Å². The van der Waals surface area contributed by atoms with Crippen molar-refractivity contribution >= 4 is 16.6 Å². The van der Waals surface area contributed by atoms with E-state index in [-0.39, 0.29) is 11.5 Å². The van der Waals surface area contributed by atoms with Gasteiger partial charge in [-0.05, 0) is 12.1 Å². The average molecular weight is 196 g/mol. The third kappa shape index (κ3) is 3.11. The van der Waals surface area contributed by atoms with Crippen molar-refractivity contribution in [3.63, 3.8) is 0 Å². The van der Waals surface area contributed by atoms with Gasteiger partial charge in [-0.25, -0.2) is 0 Å². The Morgan fingerprint density at radius 1 is 1.31 bits per heavy atom. The number of carbonyl (C=O) groups is 1. The van der Waals surface area contributed by atoms with E-state index < -0.39 is 10.8 Å². The molecule has 70 valence electrons. The molecule has 0 saturated carbocycles. The molecule has 0 radical (unpaired) electrons. The maximum atomic E-state index is 11.5. The molecule has 1 atom stereocenters. The molecular weight excluding hydrogens is 184 g/mol. The molecule has 1 aromatic carbocycles. The summed E-state index contributed by atoms with van der Waals surface area (Å²) in [5, 5.41) is 0. The maximum Gasteiger partial charge on any atom is 0.145 e. The van der Waals surface area contributed by atoms with Crippen molar-refractivity contribution in [1.29, 1.82) is 0 Å². The number of hydrogen-bond acceptors (Lipinski definition) is 2. The highest BCUT2D eigenvalue weighted by atomic mass is 32.2. The van der Waals surface area contributed by atoms with Gasteiger partial charge in [-0.2, -0.15) is 0 Å². The first-order chi connectivity index (χ1) is 6.24. The number of carbonyl (C=O) groups excluding carboxylic acids is 1. The molecular formula is C10H12O2S. The molecule has 0 aliphatic carbocycles. The molecule has 0 aliphatic heterocycles. The van der Waals surface area contributed by atoms with Gasteiger partial charge in [0.2, 0.25) is 0 Å². The molecule has 0 aromatic heterocycles. The fourth-order valence-corrected chi connectivity index (χ4v) is 2.03. The molecule has 3 heteroatoms. The summed E-state index contributed by atoms with van der Waals surface area (Å²) in [6.45, 7) is 1.78. The number of rotatable bonds is 4. The zero-order valence-electron chi connectivity index (χ0n) is 7.53. The quantitative estimate of drug-likeness (QED) is 0.735. The van der Waals surface area contributed by atoms with Crippen LogP contribution in [0.4, 0.5) is 0 Å². The van der Waals surface area contributed by atoms with Gasteiger partial charge in [0.1, 0.15) is 5.78 Å². The van der Waals surface area contributed by atoms with Gasteiger partial charge < -0.3 is 0 Å². The SMILES string of the molecule is CCC(=O)CS(=O)c1ccccc1. The predicted octanol–water partition coefficient (Wildman–Crippen LogP) is 1.77. The minimum absolute atomic E-state index is 0.0437. The Bertz CT molecular complexity index is 306. The second kappa shape index (κ2) is 4.92. The van der Waals surface area contributed by atoms with Crippen molar-refractivity contribution in [2.45, 2.75) is 18.2 Å². The molecule has 0 fully saturated rings. The number of ketones is 1. The average Bonchev–Trinajstić information content (AvgIpc) is 2.19. The van der Waals surface area contributed by atoms with Gasteiger partial charge in [-0.15, -0.1) is 0 Å². The van der Waals surface area contributed by atoms with E-state index in [4.69, 9.17) is 0 Å². The smallest absolute Gasteiger partial charge is 0.145 e.